The number of thiophene rings is 1. The Labute approximate surface area is 178 Å². The van der Waals surface area contributed by atoms with Crippen molar-refractivity contribution >= 4 is 28.2 Å². The molecule has 0 fully saturated rings. The van der Waals surface area contributed by atoms with Crippen LogP contribution in [0.5, 0.6) is 5.75 Å². The van der Waals surface area contributed by atoms with Crippen LogP contribution in [0, 0.1) is 11.3 Å². The Morgan fingerprint density at radius 3 is 2.43 bits per heavy atom. The van der Waals surface area contributed by atoms with Crippen LogP contribution in [0.1, 0.15) is 58.3 Å². The van der Waals surface area contributed by atoms with Gasteiger partial charge in [0.1, 0.15) is 10.8 Å². The number of fused-ring (bicyclic) bond motifs is 1. The lowest BCUT2D eigenvalue weighted by molar-refractivity contribution is -0.0498. The van der Waals surface area contributed by atoms with E-state index in [1.807, 2.05) is 0 Å². The number of hydrogen-bond acceptors (Lipinski definition) is 5. The highest BCUT2D eigenvalue weighted by atomic mass is 32.1. The van der Waals surface area contributed by atoms with E-state index < -0.39 is 18.5 Å². The third kappa shape index (κ3) is 4.80. The van der Waals surface area contributed by atoms with Crippen molar-refractivity contribution in [2.24, 2.45) is 11.3 Å². The minimum atomic E-state index is -2.93. The number of amides is 1. The SMILES string of the molecule is COC(=O)c1c(NC(=O)c2ccc(OC(F)F)cc2)sc2c1CCC(C(C)(C)C)C2. The molecule has 0 spiro atoms. The third-order valence-electron chi connectivity index (χ3n) is 5.45. The van der Waals surface area contributed by atoms with Crippen molar-refractivity contribution in [1.82, 2.24) is 0 Å². The van der Waals surface area contributed by atoms with Crippen LogP contribution >= 0.6 is 11.3 Å². The van der Waals surface area contributed by atoms with Gasteiger partial charge in [-0.25, -0.2) is 4.79 Å². The number of benzene rings is 1. The number of carbonyl (C=O) groups is 2. The Kier molecular flexibility index (Phi) is 6.45. The van der Waals surface area contributed by atoms with Gasteiger partial charge in [0.2, 0.25) is 0 Å². The van der Waals surface area contributed by atoms with Crippen molar-refractivity contribution in [3.05, 3.63) is 45.8 Å². The number of nitrogens with one attached hydrogen (secondary N) is 1. The molecule has 1 heterocycles. The van der Waals surface area contributed by atoms with Gasteiger partial charge in [0.25, 0.3) is 5.91 Å². The first-order chi connectivity index (χ1) is 14.1. The Balaban J connectivity index is 1.86. The molecule has 1 aliphatic rings. The maximum Gasteiger partial charge on any atom is 0.387 e. The van der Waals surface area contributed by atoms with E-state index in [0.29, 0.717) is 16.5 Å². The number of anilines is 1. The molecule has 30 heavy (non-hydrogen) atoms. The predicted molar refractivity (Wildman–Crippen MR) is 112 cm³/mol. The standard InChI is InChI=1S/C22H25F2NO4S/c1-22(2,3)13-7-10-15-16(11-13)30-19(17(15)20(27)28-4)25-18(26)12-5-8-14(9-6-12)29-21(23)24/h5-6,8-9,13,21H,7,10-11H2,1-4H3,(H,25,26). The Morgan fingerprint density at radius 2 is 1.87 bits per heavy atom. The first kappa shape index (κ1) is 22.2. The van der Waals surface area contributed by atoms with Gasteiger partial charge < -0.3 is 14.8 Å². The molecule has 1 aromatic carbocycles. The number of rotatable bonds is 5. The first-order valence-corrected chi connectivity index (χ1v) is 10.5. The summed E-state index contributed by atoms with van der Waals surface area (Å²) in [5.74, 6) is -0.455. The van der Waals surface area contributed by atoms with Crippen molar-refractivity contribution < 1.29 is 27.8 Å². The second kappa shape index (κ2) is 8.71. The van der Waals surface area contributed by atoms with Gasteiger partial charge in [-0.2, -0.15) is 8.78 Å². The number of hydrogen-bond donors (Lipinski definition) is 1. The molecule has 5 nitrogen and oxygen atoms in total. The molecule has 1 aromatic heterocycles. The fraction of sp³-hybridized carbons (Fsp3) is 0.455. The van der Waals surface area contributed by atoms with Gasteiger partial charge in [-0.1, -0.05) is 20.8 Å². The topological polar surface area (TPSA) is 64.6 Å². The van der Waals surface area contributed by atoms with Crippen LogP contribution in [0.25, 0.3) is 0 Å². The highest BCUT2D eigenvalue weighted by Crippen LogP contribution is 2.44. The van der Waals surface area contributed by atoms with Gasteiger partial charge in [0, 0.05) is 10.4 Å². The quantitative estimate of drug-likeness (QED) is 0.624. The number of methoxy groups -OCH3 is 1. The van der Waals surface area contributed by atoms with Crippen molar-refractivity contribution in [3.63, 3.8) is 0 Å². The summed E-state index contributed by atoms with van der Waals surface area (Å²) in [7, 11) is 1.32. The molecule has 0 radical (unpaired) electrons. The zero-order valence-electron chi connectivity index (χ0n) is 17.4. The average molecular weight is 438 g/mol. The van der Waals surface area contributed by atoms with Gasteiger partial charge >= 0.3 is 12.6 Å². The Hall–Kier alpha value is -2.48. The molecule has 1 amide bonds. The van der Waals surface area contributed by atoms with Gasteiger partial charge in [0.15, 0.2) is 0 Å². The zero-order valence-corrected chi connectivity index (χ0v) is 18.2. The number of halogens is 2. The van der Waals surface area contributed by atoms with Crippen LogP contribution < -0.4 is 10.1 Å². The highest BCUT2D eigenvalue weighted by molar-refractivity contribution is 7.17. The summed E-state index contributed by atoms with van der Waals surface area (Å²) in [5.41, 5.74) is 1.78. The minimum Gasteiger partial charge on any atom is -0.465 e. The summed E-state index contributed by atoms with van der Waals surface area (Å²) >= 11 is 1.40. The fourth-order valence-corrected chi connectivity index (χ4v) is 5.00. The molecule has 1 atom stereocenters. The van der Waals surface area contributed by atoms with Gasteiger partial charge in [-0.3, -0.25) is 4.79 Å². The molecule has 0 saturated carbocycles. The Morgan fingerprint density at radius 1 is 1.20 bits per heavy atom. The number of alkyl halides is 2. The molecule has 1 unspecified atom stereocenters. The maximum absolute atomic E-state index is 12.7. The fourth-order valence-electron chi connectivity index (χ4n) is 3.69. The molecular formula is C22H25F2NO4S. The van der Waals surface area contributed by atoms with E-state index in [4.69, 9.17) is 4.74 Å². The van der Waals surface area contributed by atoms with Crippen LogP contribution in [-0.4, -0.2) is 25.6 Å². The molecular weight excluding hydrogens is 412 g/mol. The molecule has 1 aliphatic carbocycles. The van der Waals surface area contributed by atoms with E-state index in [0.717, 1.165) is 29.7 Å². The third-order valence-corrected chi connectivity index (χ3v) is 6.62. The summed E-state index contributed by atoms with van der Waals surface area (Å²) in [6, 6.07) is 5.40. The van der Waals surface area contributed by atoms with E-state index in [1.165, 1.54) is 42.7 Å². The second-order valence-electron chi connectivity index (χ2n) is 8.36. The normalized spacial score (nSPS) is 16.2. The van der Waals surface area contributed by atoms with Crippen LogP contribution in [0.3, 0.4) is 0 Å². The first-order valence-electron chi connectivity index (χ1n) is 9.69. The largest absolute Gasteiger partial charge is 0.465 e. The highest BCUT2D eigenvalue weighted by Gasteiger charge is 2.34. The number of ether oxygens (including phenoxy) is 2. The van der Waals surface area contributed by atoms with Crippen molar-refractivity contribution in [1.29, 1.82) is 0 Å². The lowest BCUT2D eigenvalue weighted by atomic mass is 9.72. The molecule has 0 bridgehead atoms. The summed E-state index contributed by atoms with van der Waals surface area (Å²) in [5, 5.41) is 3.26. The van der Waals surface area contributed by atoms with Gasteiger partial charge in [-0.15, -0.1) is 11.3 Å². The summed E-state index contributed by atoms with van der Waals surface area (Å²) in [4.78, 5) is 26.3. The molecule has 3 rings (SSSR count). The lowest BCUT2D eigenvalue weighted by Gasteiger charge is -2.33. The molecule has 1 N–H and O–H groups in total. The average Bonchev–Trinajstić information content (AvgIpc) is 3.03. The van der Waals surface area contributed by atoms with Crippen LogP contribution in [-0.2, 0) is 17.6 Å². The minimum absolute atomic E-state index is 0.0309. The van der Waals surface area contributed by atoms with E-state index in [-0.39, 0.29) is 16.7 Å². The van der Waals surface area contributed by atoms with Crippen molar-refractivity contribution in [2.75, 3.05) is 12.4 Å². The van der Waals surface area contributed by atoms with Crippen molar-refractivity contribution in [3.8, 4) is 5.75 Å². The van der Waals surface area contributed by atoms with E-state index in [9.17, 15) is 18.4 Å². The van der Waals surface area contributed by atoms with Crippen LogP contribution in [0.4, 0.5) is 13.8 Å². The predicted octanol–water partition coefficient (Wildman–Crippen LogP) is 5.54. The Bertz CT molecular complexity index is 932. The maximum atomic E-state index is 12.7. The van der Waals surface area contributed by atoms with E-state index in [1.54, 1.807) is 0 Å². The number of carbonyl (C=O) groups excluding carboxylic acids is 2. The summed E-state index contributed by atoms with van der Waals surface area (Å²) in [6.07, 6.45) is 2.58. The molecule has 2 aromatic rings. The summed E-state index contributed by atoms with van der Waals surface area (Å²) < 4.78 is 33.8. The molecule has 0 saturated heterocycles. The van der Waals surface area contributed by atoms with Crippen LogP contribution in [0.2, 0.25) is 0 Å². The number of esters is 1. The molecule has 8 heteroatoms. The van der Waals surface area contributed by atoms with Crippen LogP contribution in [0.15, 0.2) is 24.3 Å². The van der Waals surface area contributed by atoms with Gasteiger partial charge in [0.05, 0.1) is 12.7 Å². The monoisotopic (exact) mass is 437 g/mol. The molecule has 0 aliphatic heterocycles. The van der Waals surface area contributed by atoms with Gasteiger partial charge in [-0.05, 0) is 60.4 Å². The summed E-state index contributed by atoms with van der Waals surface area (Å²) in [6.45, 7) is 3.70. The van der Waals surface area contributed by atoms with E-state index in [2.05, 4.69) is 30.8 Å². The van der Waals surface area contributed by atoms with E-state index >= 15 is 0 Å². The smallest absolute Gasteiger partial charge is 0.387 e. The molecule has 162 valence electrons. The second-order valence-corrected chi connectivity index (χ2v) is 9.47. The van der Waals surface area contributed by atoms with Crippen molar-refractivity contribution in [2.45, 2.75) is 46.6 Å². The lowest BCUT2D eigenvalue weighted by Crippen LogP contribution is -2.26. The zero-order chi connectivity index (χ0) is 22.1.